The van der Waals surface area contributed by atoms with Gasteiger partial charge in [0.1, 0.15) is 10.8 Å². The maximum Gasteiger partial charge on any atom is 0.341 e. The van der Waals surface area contributed by atoms with Crippen LogP contribution in [0.1, 0.15) is 40.1 Å². The summed E-state index contributed by atoms with van der Waals surface area (Å²) in [6.45, 7) is 0. The first-order chi connectivity index (χ1) is 13.1. The zero-order valence-electron chi connectivity index (χ0n) is 15.5. The second-order valence-electron chi connectivity index (χ2n) is 6.23. The second kappa shape index (κ2) is 9.28. The number of carbonyl (C=O) groups is 2. The van der Waals surface area contributed by atoms with Crippen molar-refractivity contribution < 1.29 is 19.1 Å². The number of hydrogen-bond donors (Lipinski definition) is 1. The lowest BCUT2D eigenvalue weighted by atomic mass is 9.95. The monoisotopic (exact) mass is 405 g/mol. The van der Waals surface area contributed by atoms with Gasteiger partial charge in [0.15, 0.2) is 0 Å². The van der Waals surface area contributed by atoms with Gasteiger partial charge >= 0.3 is 5.97 Å². The summed E-state index contributed by atoms with van der Waals surface area (Å²) >= 11 is 3.13. The molecule has 5 nitrogen and oxygen atoms in total. The minimum atomic E-state index is -0.364. The van der Waals surface area contributed by atoms with E-state index in [-0.39, 0.29) is 11.9 Å². The van der Waals surface area contributed by atoms with Crippen LogP contribution >= 0.6 is 23.1 Å². The molecule has 1 aliphatic carbocycles. The van der Waals surface area contributed by atoms with Crippen molar-refractivity contribution >= 4 is 40.0 Å². The number of nitrogens with one attached hydrogen (secondary N) is 1. The van der Waals surface area contributed by atoms with E-state index in [4.69, 9.17) is 9.47 Å². The van der Waals surface area contributed by atoms with Crippen LogP contribution in [0.4, 0.5) is 5.00 Å². The highest BCUT2D eigenvalue weighted by molar-refractivity contribution is 7.99. The van der Waals surface area contributed by atoms with Crippen LogP contribution in [-0.4, -0.2) is 31.8 Å². The molecule has 1 aromatic carbocycles. The van der Waals surface area contributed by atoms with Crippen LogP contribution in [0, 0.1) is 0 Å². The van der Waals surface area contributed by atoms with Gasteiger partial charge in [0.05, 0.1) is 19.8 Å². The van der Waals surface area contributed by atoms with Gasteiger partial charge in [-0.3, -0.25) is 4.79 Å². The standard InChI is InChI=1S/C20H23NO4S2/c1-24-13-7-9-14(10-8-13)26-12-11-17(22)21-19-18(20(23)25-2)15-5-3-4-6-16(15)27-19/h7-10H,3-6,11-12H2,1-2H3,(H,21,22). The maximum atomic E-state index is 12.4. The van der Waals surface area contributed by atoms with Crippen LogP contribution in [0.3, 0.4) is 0 Å². The molecule has 1 aliphatic rings. The Morgan fingerprint density at radius 1 is 1.15 bits per heavy atom. The third kappa shape index (κ3) is 4.84. The molecule has 144 valence electrons. The Balaban J connectivity index is 1.60. The van der Waals surface area contributed by atoms with Gasteiger partial charge in [-0.2, -0.15) is 0 Å². The van der Waals surface area contributed by atoms with Crippen molar-refractivity contribution in [1.82, 2.24) is 0 Å². The molecule has 2 aromatic rings. The quantitative estimate of drug-likeness (QED) is 0.541. The summed E-state index contributed by atoms with van der Waals surface area (Å²) in [5.41, 5.74) is 1.61. The van der Waals surface area contributed by atoms with Gasteiger partial charge in [-0.05, 0) is 55.5 Å². The van der Waals surface area contributed by atoms with Crippen molar-refractivity contribution in [3.63, 3.8) is 0 Å². The topological polar surface area (TPSA) is 64.6 Å². The predicted molar refractivity (Wildman–Crippen MR) is 109 cm³/mol. The highest BCUT2D eigenvalue weighted by atomic mass is 32.2. The molecule has 0 atom stereocenters. The van der Waals surface area contributed by atoms with E-state index in [2.05, 4.69) is 5.32 Å². The van der Waals surface area contributed by atoms with Crippen LogP contribution in [-0.2, 0) is 22.4 Å². The second-order valence-corrected chi connectivity index (χ2v) is 8.50. The fourth-order valence-corrected chi connectivity index (χ4v) is 5.24. The minimum absolute atomic E-state index is 0.0836. The lowest BCUT2D eigenvalue weighted by Gasteiger charge is -2.11. The molecule has 0 radical (unpaired) electrons. The van der Waals surface area contributed by atoms with Crippen LogP contribution in [0.2, 0.25) is 0 Å². The Hall–Kier alpha value is -1.99. The van der Waals surface area contributed by atoms with Gasteiger partial charge in [0, 0.05) is 21.9 Å². The third-order valence-corrected chi connectivity index (χ3v) is 6.69. The largest absolute Gasteiger partial charge is 0.497 e. The first-order valence-corrected chi connectivity index (χ1v) is 10.7. The van der Waals surface area contributed by atoms with E-state index in [9.17, 15) is 9.59 Å². The molecule has 0 aliphatic heterocycles. The average molecular weight is 406 g/mol. The van der Waals surface area contributed by atoms with Crippen molar-refractivity contribution in [1.29, 1.82) is 0 Å². The molecule has 0 saturated heterocycles. The summed E-state index contributed by atoms with van der Waals surface area (Å²) < 4.78 is 10.1. The van der Waals surface area contributed by atoms with Gasteiger partial charge in [0.25, 0.3) is 0 Å². The molecular weight excluding hydrogens is 382 g/mol. The van der Waals surface area contributed by atoms with Crippen LogP contribution in [0.15, 0.2) is 29.2 Å². The Kier molecular flexibility index (Phi) is 6.79. The number of amides is 1. The molecule has 1 N–H and O–H groups in total. The van der Waals surface area contributed by atoms with Gasteiger partial charge in [-0.1, -0.05) is 0 Å². The van der Waals surface area contributed by atoms with E-state index in [0.29, 0.717) is 22.7 Å². The molecule has 0 saturated carbocycles. The number of ether oxygens (including phenoxy) is 2. The number of anilines is 1. The molecule has 1 heterocycles. The Morgan fingerprint density at radius 2 is 1.89 bits per heavy atom. The summed E-state index contributed by atoms with van der Waals surface area (Å²) in [6, 6.07) is 7.76. The van der Waals surface area contributed by atoms with Gasteiger partial charge in [-0.25, -0.2) is 4.79 Å². The molecule has 0 fully saturated rings. The van der Waals surface area contributed by atoms with E-state index in [1.165, 1.54) is 23.3 Å². The predicted octanol–water partition coefficient (Wildman–Crippen LogP) is 4.54. The summed E-state index contributed by atoms with van der Waals surface area (Å²) in [4.78, 5) is 26.9. The van der Waals surface area contributed by atoms with Crippen molar-refractivity contribution in [3.05, 3.63) is 40.3 Å². The van der Waals surface area contributed by atoms with E-state index in [1.54, 1.807) is 18.9 Å². The number of thioether (sulfide) groups is 1. The summed E-state index contributed by atoms with van der Waals surface area (Å²) in [5.74, 6) is 1.03. The SMILES string of the molecule is COC(=O)c1c(NC(=O)CCSc2ccc(OC)cc2)sc2c1CCCC2. The number of methoxy groups -OCH3 is 2. The maximum absolute atomic E-state index is 12.4. The lowest BCUT2D eigenvalue weighted by molar-refractivity contribution is -0.115. The third-order valence-electron chi connectivity index (χ3n) is 4.47. The first kappa shape index (κ1) is 19.8. The molecule has 3 rings (SSSR count). The zero-order valence-corrected chi connectivity index (χ0v) is 17.1. The van der Waals surface area contributed by atoms with Crippen molar-refractivity contribution in [2.75, 3.05) is 25.3 Å². The molecule has 27 heavy (non-hydrogen) atoms. The number of rotatable bonds is 7. The van der Waals surface area contributed by atoms with Crippen LogP contribution in [0.5, 0.6) is 5.75 Å². The van der Waals surface area contributed by atoms with Gasteiger partial charge < -0.3 is 14.8 Å². The van der Waals surface area contributed by atoms with Crippen LogP contribution < -0.4 is 10.1 Å². The van der Waals surface area contributed by atoms with Crippen molar-refractivity contribution in [2.24, 2.45) is 0 Å². The molecule has 1 aromatic heterocycles. The Morgan fingerprint density at radius 3 is 2.59 bits per heavy atom. The first-order valence-electron chi connectivity index (χ1n) is 8.92. The molecule has 0 unspecified atom stereocenters. The molecule has 0 spiro atoms. The lowest BCUT2D eigenvalue weighted by Crippen LogP contribution is -2.15. The molecule has 0 bridgehead atoms. The number of hydrogen-bond acceptors (Lipinski definition) is 6. The number of fused-ring (bicyclic) bond motifs is 1. The number of benzene rings is 1. The molecular formula is C20H23NO4S2. The van der Waals surface area contributed by atoms with Gasteiger partial charge in [0.2, 0.25) is 5.91 Å². The van der Waals surface area contributed by atoms with E-state index < -0.39 is 0 Å². The van der Waals surface area contributed by atoms with Crippen molar-refractivity contribution in [2.45, 2.75) is 37.0 Å². The van der Waals surface area contributed by atoms with Crippen molar-refractivity contribution in [3.8, 4) is 5.75 Å². The number of carbonyl (C=O) groups excluding carboxylic acids is 2. The highest BCUT2D eigenvalue weighted by Crippen LogP contribution is 2.38. The number of esters is 1. The highest BCUT2D eigenvalue weighted by Gasteiger charge is 2.26. The normalized spacial score (nSPS) is 13.0. The van der Waals surface area contributed by atoms with E-state index in [0.717, 1.165) is 41.9 Å². The van der Waals surface area contributed by atoms with E-state index in [1.807, 2.05) is 24.3 Å². The Bertz CT molecular complexity index is 814. The molecule has 7 heteroatoms. The van der Waals surface area contributed by atoms with E-state index >= 15 is 0 Å². The summed E-state index contributed by atoms with van der Waals surface area (Å²) in [7, 11) is 3.02. The number of aryl methyl sites for hydroxylation is 1. The smallest absolute Gasteiger partial charge is 0.341 e. The number of thiophene rings is 1. The fraction of sp³-hybridized carbons (Fsp3) is 0.400. The van der Waals surface area contributed by atoms with Gasteiger partial charge in [-0.15, -0.1) is 23.1 Å². The Labute approximate surface area is 167 Å². The average Bonchev–Trinajstić information content (AvgIpc) is 3.05. The summed E-state index contributed by atoms with van der Waals surface area (Å²) in [5, 5.41) is 3.57. The fourth-order valence-electron chi connectivity index (χ4n) is 3.09. The zero-order chi connectivity index (χ0) is 19.2. The summed E-state index contributed by atoms with van der Waals surface area (Å²) in [6.07, 6.45) is 4.41. The minimum Gasteiger partial charge on any atom is -0.497 e. The molecule has 1 amide bonds. The van der Waals surface area contributed by atoms with Crippen LogP contribution in [0.25, 0.3) is 0 Å².